The van der Waals surface area contributed by atoms with Crippen LogP contribution in [0.3, 0.4) is 0 Å². The van der Waals surface area contributed by atoms with Crippen LogP contribution in [0.25, 0.3) is 0 Å². The third-order valence-electron chi connectivity index (χ3n) is 3.96. The second-order valence-electron chi connectivity index (χ2n) is 5.17. The molecule has 0 aromatic heterocycles. The van der Waals surface area contributed by atoms with Crippen molar-refractivity contribution in [1.29, 1.82) is 0 Å². The van der Waals surface area contributed by atoms with Crippen molar-refractivity contribution in [1.82, 2.24) is 0 Å². The van der Waals surface area contributed by atoms with Gasteiger partial charge in [-0.2, -0.15) is 0 Å². The van der Waals surface area contributed by atoms with Crippen molar-refractivity contribution in [2.75, 3.05) is 13.7 Å². The van der Waals surface area contributed by atoms with E-state index in [-0.39, 0.29) is 11.6 Å². The summed E-state index contributed by atoms with van der Waals surface area (Å²) in [7, 11) is 1.79. The molecule has 1 aromatic rings. The van der Waals surface area contributed by atoms with Gasteiger partial charge in [0.05, 0.1) is 12.2 Å². The third-order valence-corrected chi connectivity index (χ3v) is 4.45. The summed E-state index contributed by atoms with van der Waals surface area (Å²) in [5.74, 6) is 0.878. The molecule has 0 saturated heterocycles. The van der Waals surface area contributed by atoms with Gasteiger partial charge in [0, 0.05) is 23.2 Å². The second kappa shape index (κ2) is 6.25. The van der Waals surface area contributed by atoms with Crippen LogP contribution < -0.4 is 10.5 Å². The van der Waals surface area contributed by atoms with Gasteiger partial charge in [0.25, 0.3) is 0 Å². The molecule has 1 fully saturated rings. The minimum atomic E-state index is -0.0562. The first kappa shape index (κ1) is 14.8. The normalized spacial score (nSPS) is 18.7. The molecule has 1 aliphatic rings. The lowest BCUT2D eigenvalue weighted by molar-refractivity contribution is -0.0817. The largest absolute Gasteiger partial charge is 0.494 e. The number of methoxy groups -OCH3 is 1. The zero-order valence-electron chi connectivity index (χ0n) is 11.6. The van der Waals surface area contributed by atoms with Gasteiger partial charge in [-0.1, -0.05) is 15.9 Å². The first-order valence-electron chi connectivity index (χ1n) is 6.83. The average Bonchev–Trinajstić information content (AvgIpc) is 2.36. The fourth-order valence-electron chi connectivity index (χ4n) is 2.67. The highest BCUT2D eigenvalue weighted by Crippen LogP contribution is 2.42. The molecular weight excluding hydrogens is 306 g/mol. The predicted molar refractivity (Wildman–Crippen MR) is 80.4 cm³/mol. The Balaban J connectivity index is 2.17. The summed E-state index contributed by atoms with van der Waals surface area (Å²) in [6, 6.07) is 5.96. The Hall–Kier alpha value is -0.580. The quantitative estimate of drug-likeness (QED) is 0.864. The van der Waals surface area contributed by atoms with Gasteiger partial charge < -0.3 is 15.2 Å². The van der Waals surface area contributed by atoms with Gasteiger partial charge in [-0.15, -0.1) is 0 Å². The van der Waals surface area contributed by atoms with Gasteiger partial charge in [0.1, 0.15) is 5.75 Å². The van der Waals surface area contributed by atoms with Crippen LogP contribution in [0, 0.1) is 0 Å². The van der Waals surface area contributed by atoms with E-state index in [2.05, 4.69) is 22.0 Å². The number of benzene rings is 1. The van der Waals surface area contributed by atoms with Crippen molar-refractivity contribution >= 4 is 15.9 Å². The van der Waals surface area contributed by atoms with Crippen molar-refractivity contribution in [2.24, 2.45) is 5.73 Å². The Bertz CT molecular complexity index is 427. The number of nitrogens with two attached hydrogens (primary N) is 1. The van der Waals surface area contributed by atoms with Crippen molar-refractivity contribution < 1.29 is 9.47 Å². The zero-order chi connectivity index (χ0) is 13.9. The molecule has 106 valence electrons. The van der Waals surface area contributed by atoms with E-state index in [1.807, 2.05) is 19.1 Å². The Morgan fingerprint density at radius 3 is 2.68 bits per heavy atom. The monoisotopic (exact) mass is 327 g/mol. The highest BCUT2D eigenvalue weighted by atomic mass is 79.9. The van der Waals surface area contributed by atoms with Crippen molar-refractivity contribution in [2.45, 2.75) is 44.2 Å². The van der Waals surface area contributed by atoms with E-state index in [4.69, 9.17) is 15.2 Å². The summed E-state index contributed by atoms with van der Waals surface area (Å²) in [6.07, 6.45) is 4.29. The zero-order valence-corrected chi connectivity index (χ0v) is 13.2. The third kappa shape index (κ3) is 3.30. The maximum Gasteiger partial charge on any atom is 0.124 e. The standard InChI is InChI=1S/C15H22BrNO2/c1-3-19-14-6-5-11(16)9-12(14)13(17)10-15(18-2)7-4-8-15/h5-6,9,13H,3-4,7-8,10,17H2,1-2H3. The Morgan fingerprint density at radius 1 is 1.42 bits per heavy atom. The molecule has 2 rings (SSSR count). The summed E-state index contributed by atoms with van der Waals surface area (Å²) >= 11 is 3.50. The Kier molecular flexibility index (Phi) is 4.87. The summed E-state index contributed by atoms with van der Waals surface area (Å²) in [5.41, 5.74) is 7.42. The lowest BCUT2D eigenvalue weighted by Crippen LogP contribution is -2.41. The van der Waals surface area contributed by atoms with Gasteiger partial charge in [0.2, 0.25) is 0 Å². The molecule has 2 N–H and O–H groups in total. The van der Waals surface area contributed by atoms with E-state index >= 15 is 0 Å². The molecule has 1 aromatic carbocycles. The lowest BCUT2D eigenvalue weighted by Gasteiger charge is -2.42. The highest BCUT2D eigenvalue weighted by molar-refractivity contribution is 9.10. The molecule has 0 bridgehead atoms. The molecule has 0 radical (unpaired) electrons. The van der Waals surface area contributed by atoms with E-state index in [9.17, 15) is 0 Å². The minimum Gasteiger partial charge on any atom is -0.494 e. The highest BCUT2D eigenvalue weighted by Gasteiger charge is 2.39. The molecule has 4 heteroatoms. The van der Waals surface area contributed by atoms with Crippen molar-refractivity contribution in [3.8, 4) is 5.75 Å². The fraction of sp³-hybridized carbons (Fsp3) is 0.600. The Labute approximate surface area is 123 Å². The maximum absolute atomic E-state index is 6.39. The van der Waals surface area contributed by atoms with E-state index < -0.39 is 0 Å². The van der Waals surface area contributed by atoms with Gasteiger partial charge in [0.15, 0.2) is 0 Å². The van der Waals surface area contributed by atoms with E-state index in [1.54, 1.807) is 7.11 Å². The van der Waals surface area contributed by atoms with Crippen LogP contribution in [0.15, 0.2) is 22.7 Å². The second-order valence-corrected chi connectivity index (χ2v) is 6.08. The SMILES string of the molecule is CCOc1ccc(Br)cc1C(N)CC1(OC)CCC1. The first-order valence-corrected chi connectivity index (χ1v) is 7.62. The van der Waals surface area contributed by atoms with Gasteiger partial charge in [-0.25, -0.2) is 0 Å². The van der Waals surface area contributed by atoms with Crippen LogP contribution in [0.2, 0.25) is 0 Å². The van der Waals surface area contributed by atoms with Crippen LogP contribution >= 0.6 is 15.9 Å². The molecule has 0 spiro atoms. The summed E-state index contributed by atoms with van der Waals surface area (Å²) < 4.78 is 12.4. The van der Waals surface area contributed by atoms with Gasteiger partial charge in [-0.05, 0) is 50.8 Å². The van der Waals surface area contributed by atoms with Crippen LogP contribution in [0.5, 0.6) is 5.75 Å². The topological polar surface area (TPSA) is 44.5 Å². The fourth-order valence-corrected chi connectivity index (χ4v) is 3.05. The maximum atomic E-state index is 6.39. The number of ether oxygens (including phenoxy) is 2. The van der Waals surface area contributed by atoms with Crippen molar-refractivity contribution in [3.05, 3.63) is 28.2 Å². The van der Waals surface area contributed by atoms with Crippen LogP contribution in [-0.4, -0.2) is 19.3 Å². The summed E-state index contributed by atoms with van der Waals surface area (Å²) in [6.45, 7) is 2.64. The summed E-state index contributed by atoms with van der Waals surface area (Å²) in [4.78, 5) is 0. The molecule has 0 aliphatic heterocycles. The molecule has 1 atom stereocenters. The number of rotatable bonds is 6. The molecular formula is C15H22BrNO2. The molecule has 1 saturated carbocycles. The molecule has 19 heavy (non-hydrogen) atoms. The Morgan fingerprint density at radius 2 is 2.16 bits per heavy atom. The minimum absolute atomic E-state index is 0.0226. The number of hydrogen-bond donors (Lipinski definition) is 1. The number of hydrogen-bond acceptors (Lipinski definition) is 3. The van der Waals surface area contributed by atoms with Crippen LogP contribution in [0.1, 0.15) is 44.2 Å². The molecule has 0 amide bonds. The smallest absolute Gasteiger partial charge is 0.124 e. The molecule has 3 nitrogen and oxygen atoms in total. The number of halogens is 1. The molecule has 1 aliphatic carbocycles. The summed E-state index contributed by atoms with van der Waals surface area (Å²) in [5, 5.41) is 0. The van der Waals surface area contributed by atoms with E-state index in [1.165, 1.54) is 6.42 Å². The van der Waals surface area contributed by atoms with Crippen LogP contribution in [-0.2, 0) is 4.74 Å². The van der Waals surface area contributed by atoms with Gasteiger partial charge in [-0.3, -0.25) is 0 Å². The van der Waals surface area contributed by atoms with Gasteiger partial charge >= 0.3 is 0 Å². The van der Waals surface area contributed by atoms with Crippen molar-refractivity contribution in [3.63, 3.8) is 0 Å². The predicted octanol–water partition coefficient (Wildman–Crippen LogP) is 3.81. The van der Waals surface area contributed by atoms with E-state index in [0.29, 0.717) is 6.61 Å². The van der Waals surface area contributed by atoms with E-state index in [0.717, 1.165) is 35.0 Å². The molecule has 1 unspecified atom stereocenters. The van der Waals surface area contributed by atoms with Crippen LogP contribution in [0.4, 0.5) is 0 Å². The average molecular weight is 328 g/mol. The first-order chi connectivity index (χ1) is 9.10. The molecule has 0 heterocycles. The lowest BCUT2D eigenvalue weighted by atomic mass is 9.75.